The van der Waals surface area contributed by atoms with Crippen molar-refractivity contribution in [2.75, 3.05) is 6.54 Å². The Balaban J connectivity index is 0.00000192. The van der Waals surface area contributed by atoms with E-state index in [2.05, 4.69) is 29.6 Å². The summed E-state index contributed by atoms with van der Waals surface area (Å²) in [7, 11) is 0. The number of nitrogens with one attached hydrogen (secondary N) is 1. The molecular weight excluding hydrogens is 308 g/mol. The van der Waals surface area contributed by atoms with E-state index in [4.69, 9.17) is 5.73 Å². The molecule has 2 aromatic carbocycles. The van der Waals surface area contributed by atoms with Gasteiger partial charge in [0.1, 0.15) is 0 Å². The van der Waals surface area contributed by atoms with Crippen LogP contribution in [-0.2, 0) is 10.2 Å². The number of benzene rings is 2. The molecule has 3 rings (SSSR count). The third-order valence-electron chi connectivity index (χ3n) is 4.50. The second-order valence-corrected chi connectivity index (χ2v) is 6.14. The zero-order valence-electron chi connectivity index (χ0n) is 13.1. The van der Waals surface area contributed by atoms with Crippen LogP contribution in [0.4, 0.5) is 0 Å². The predicted octanol–water partition coefficient (Wildman–Crippen LogP) is 3.35. The maximum atomic E-state index is 12.1. The van der Waals surface area contributed by atoms with Crippen molar-refractivity contribution < 1.29 is 4.79 Å². The first-order valence-corrected chi connectivity index (χ1v) is 7.82. The van der Waals surface area contributed by atoms with Gasteiger partial charge < -0.3 is 11.1 Å². The summed E-state index contributed by atoms with van der Waals surface area (Å²) >= 11 is 0. The van der Waals surface area contributed by atoms with Crippen molar-refractivity contribution in [2.24, 2.45) is 5.73 Å². The van der Waals surface area contributed by atoms with Crippen molar-refractivity contribution in [3.63, 3.8) is 0 Å². The SMILES string of the molecule is Cl.NC(CC(=O)NCC1(c2ccccc2)CC1)c1ccccc1. The Morgan fingerprint density at radius 3 is 2.17 bits per heavy atom. The number of hydrogen-bond donors (Lipinski definition) is 2. The Bertz CT molecular complexity index is 626. The topological polar surface area (TPSA) is 55.1 Å². The number of amides is 1. The summed E-state index contributed by atoms with van der Waals surface area (Å²) in [5, 5.41) is 3.07. The van der Waals surface area contributed by atoms with E-state index in [1.165, 1.54) is 5.56 Å². The molecule has 23 heavy (non-hydrogen) atoms. The molecule has 0 bridgehead atoms. The fraction of sp³-hybridized carbons (Fsp3) is 0.316. The molecule has 1 atom stereocenters. The lowest BCUT2D eigenvalue weighted by Crippen LogP contribution is -2.34. The van der Waals surface area contributed by atoms with Crippen molar-refractivity contribution in [3.8, 4) is 0 Å². The number of carbonyl (C=O) groups excluding carboxylic acids is 1. The minimum Gasteiger partial charge on any atom is -0.355 e. The molecule has 0 aromatic heterocycles. The normalized spacial score (nSPS) is 16.0. The zero-order chi connectivity index (χ0) is 15.4. The molecule has 0 heterocycles. The van der Waals surface area contributed by atoms with Gasteiger partial charge in [-0.15, -0.1) is 12.4 Å². The third kappa shape index (κ3) is 4.34. The zero-order valence-corrected chi connectivity index (χ0v) is 13.9. The van der Waals surface area contributed by atoms with E-state index >= 15 is 0 Å². The van der Waals surface area contributed by atoms with Crippen molar-refractivity contribution in [1.82, 2.24) is 5.32 Å². The van der Waals surface area contributed by atoms with E-state index in [9.17, 15) is 4.79 Å². The highest BCUT2D eigenvalue weighted by atomic mass is 35.5. The first-order chi connectivity index (χ1) is 10.7. The van der Waals surface area contributed by atoms with Crippen LogP contribution in [-0.4, -0.2) is 12.5 Å². The summed E-state index contributed by atoms with van der Waals surface area (Å²) in [6.45, 7) is 0.706. The summed E-state index contributed by atoms with van der Waals surface area (Å²) in [6.07, 6.45) is 2.61. The second kappa shape index (κ2) is 7.62. The molecule has 1 amide bonds. The lowest BCUT2D eigenvalue weighted by atomic mass is 9.96. The Morgan fingerprint density at radius 2 is 1.61 bits per heavy atom. The average molecular weight is 331 g/mol. The fourth-order valence-corrected chi connectivity index (χ4v) is 2.87. The van der Waals surface area contributed by atoms with Crippen LogP contribution in [0.1, 0.15) is 36.4 Å². The van der Waals surface area contributed by atoms with E-state index in [-0.39, 0.29) is 29.8 Å². The minimum atomic E-state index is -0.243. The maximum absolute atomic E-state index is 12.1. The number of halogens is 1. The van der Waals surface area contributed by atoms with E-state index in [1.54, 1.807) is 0 Å². The van der Waals surface area contributed by atoms with Crippen LogP contribution in [0, 0.1) is 0 Å². The van der Waals surface area contributed by atoms with E-state index in [0.717, 1.165) is 18.4 Å². The van der Waals surface area contributed by atoms with E-state index in [1.807, 2.05) is 36.4 Å². The number of nitrogens with two attached hydrogens (primary N) is 1. The molecule has 1 saturated carbocycles. The number of carbonyl (C=O) groups is 1. The van der Waals surface area contributed by atoms with E-state index < -0.39 is 0 Å². The van der Waals surface area contributed by atoms with Crippen molar-refractivity contribution in [1.29, 1.82) is 0 Å². The lowest BCUT2D eigenvalue weighted by Gasteiger charge is -2.18. The van der Waals surface area contributed by atoms with Gasteiger partial charge in [0.25, 0.3) is 0 Å². The van der Waals surface area contributed by atoms with Crippen LogP contribution in [0.25, 0.3) is 0 Å². The highest BCUT2D eigenvalue weighted by Crippen LogP contribution is 2.47. The minimum absolute atomic E-state index is 0. The molecule has 3 N–H and O–H groups in total. The first kappa shape index (κ1) is 17.5. The van der Waals surface area contributed by atoms with Gasteiger partial charge in [-0.25, -0.2) is 0 Å². The Morgan fingerprint density at radius 1 is 1.04 bits per heavy atom. The van der Waals surface area contributed by atoms with E-state index in [0.29, 0.717) is 13.0 Å². The van der Waals surface area contributed by atoms with Crippen LogP contribution in [0.5, 0.6) is 0 Å². The van der Waals surface area contributed by atoms with Crippen molar-refractivity contribution >= 4 is 18.3 Å². The van der Waals surface area contributed by atoms with Crippen LogP contribution < -0.4 is 11.1 Å². The summed E-state index contributed by atoms with van der Waals surface area (Å²) in [5.74, 6) is 0.0264. The van der Waals surface area contributed by atoms with Crippen LogP contribution in [0.15, 0.2) is 60.7 Å². The highest BCUT2D eigenvalue weighted by Gasteiger charge is 2.44. The molecule has 122 valence electrons. The summed E-state index contributed by atoms with van der Waals surface area (Å²) in [4.78, 5) is 12.1. The summed E-state index contributed by atoms with van der Waals surface area (Å²) in [6, 6.07) is 20.0. The lowest BCUT2D eigenvalue weighted by molar-refractivity contribution is -0.121. The average Bonchev–Trinajstić information content (AvgIpc) is 3.36. The molecule has 1 aliphatic carbocycles. The standard InChI is InChI=1S/C19H22N2O.ClH/c20-17(15-7-3-1-4-8-15)13-18(22)21-14-19(11-12-19)16-9-5-2-6-10-16;/h1-10,17H,11-14,20H2,(H,21,22);1H. The molecule has 4 heteroatoms. The molecule has 1 aliphatic rings. The molecule has 0 radical (unpaired) electrons. The first-order valence-electron chi connectivity index (χ1n) is 7.82. The quantitative estimate of drug-likeness (QED) is 0.853. The predicted molar refractivity (Wildman–Crippen MR) is 95.6 cm³/mol. The van der Waals surface area contributed by atoms with Gasteiger partial charge in [0.15, 0.2) is 0 Å². The Kier molecular flexibility index (Phi) is 5.80. The number of rotatable bonds is 6. The smallest absolute Gasteiger partial charge is 0.221 e. The van der Waals surface area contributed by atoms with Gasteiger partial charge in [0.2, 0.25) is 5.91 Å². The molecule has 0 aliphatic heterocycles. The van der Waals surface area contributed by atoms with Crippen LogP contribution in [0.3, 0.4) is 0 Å². The van der Waals surface area contributed by atoms with Gasteiger partial charge in [-0.05, 0) is 24.0 Å². The van der Waals surface area contributed by atoms with Crippen molar-refractivity contribution in [3.05, 3.63) is 71.8 Å². The fourth-order valence-electron chi connectivity index (χ4n) is 2.87. The molecule has 3 nitrogen and oxygen atoms in total. The monoisotopic (exact) mass is 330 g/mol. The summed E-state index contributed by atoms with van der Waals surface area (Å²) in [5.41, 5.74) is 8.57. The second-order valence-electron chi connectivity index (χ2n) is 6.14. The van der Waals surface area contributed by atoms with Gasteiger partial charge in [0.05, 0.1) is 0 Å². The van der Waals surface area contributed by atoms with Gasteiger partial charge in [-0.3, -0.25) is 4.79 Å². The van der Waals surface area contributed by atoms with Gasteiger partial charge in [0, 0.05) is 24.4 Å². The van der Waals surface area contributed by atoms with Gasteiger partial charge >= 0.3 is 0 Å². The third-order valence-corrected chi connectivity index (χ3v) is 4.50. The molecule has 1 unspecified atom stereocenters. The molecule has 0 spiro atoms. The highest BCUT2D eigenvalue weighted by molar-refractivity contribution is 5.85. The molecule has 2 aromatic rings. The largest absolute Gasteiger partial charge is 0.355 e. The number of hydrogen-bond acceptors (Lipinski definition) is 2. The summed E-state index contributed by atoms with van der Waals surface area (Å²) < 4.78 is 0. The Hall–Kier alpha value is -1.84. The van der Waals surface area contributed by atoms with Crippen LogP contribution in [0.2, 0.25) is 0 Å². The molecule has 0 saturated heterocycles. The van der Waals surface area contributed by atoms with Gasteiger partial charge in [-0.1, -0.05) is 60.7 Å². The van der Waals surface area contributed by atoms with Gasteiger partial charge in [-0.2, -0.15) is 0 Å². The molecule has 1 fully saturated rings. The Labute approximate surface area is 143 Å². The van der Waals surface area contributed by atoms with Crippen molar-refractivity contribution in [2.45, 2.75) is 30.7 Å². The maximum Gasteiger partial charge on any atom is 0.221 e. The molecular formula is C19H23ClN2O. The van der Waals surface area contributed by atoms with Crippen LogP contribution >= 0.6 is 12.4 Å².